The van der Waals surface area contributed by atoms with Crippen molar-refractivity contribution in [2.24, 2.45) is 0 Å². The molecule has 0 aromatic heterocycles. The highest BCUT2D eigenvalue weighted by Crippen LogP contribution is 2.33. The maximum Gasteiger partial charge on any atom is 0.351 e. The number of esters is 1. The first-order valence-electron chi connectivity index (χ1n) is 4.72. The van der Waals surface area contributed by atoms with Gasteiger partial charge in [-0.1, -0.05) is 12.1 Å². The monoisotopic (exact) mass is 208 g/mol. The van der Waals surface area contributed by atoms with Crippen molar-refractivity contribution in [3.63, 3.8) is 0 Å². The van der Waals surface area contributed by atoms with E-state index in [4.69, 9.17) is 9.47 Å². The number of benzene rings is 1. The van der Waals surface area contributed by atoms with Gasteiger partial charge >= 0.3 is 5.97 Å². The largest absolute Gasteiger partial charge is 0.482 e. The third kappa shape index (κ3) is 1.75. The molecule has 2 rings (SSSR count). The van der Waals surface area contributed by atoms with Gasteiger partial charge in [-0.05, 0) is 19.1 Å². The van der Waals surface area contributed by atoms with E-state index in [-0.39, 0.29) is 6.10 Å². The van der Waals surface area contributed by atoms with E-state index in [9.17, 15) is 4.79 Å². The zero-order chi connectivity index (χ0) is 10.8. The van der Waals surface area contributed by atoms with E-state index in [1.165, 1.54) is 7.11 Å². The zero-order valence-corrected chi connectivity index (χ0v) is 8.60. The normalized spacial score (nSPS) is 23.3. The second-order valence-corrected chi connectivity index (χ2v) is 3.33. The zero-order valence-electron chi connectivity index (χ0n) is 8.60. The van der Waals surface area contributed by atoms with Gasteiger partial charge in [0.25, 0.3) is 0 Å². The highest BCUT2D eigenvalue weighted by molar-refractivity contribution is 5.76. The van der Waals surface area contributed by atoms with E-state index in [0.717, 1.165) is 0 Å². The van der Waals surface area contributed by atoms with Crippen LogP contribution in [-0.4, -0.2) is 25.3 Å². The summed E-state index contributed by atoms with van der Waals surface area (Å²) in [5, 5.41) is 0. The molecule has 2 atom stereocenters. The summed E-state index contributed by atoms with van der Waals surface area (Å²) in [4.78, 5) is 11.4. The SMILES string of the molecule is COC(=O)C1Oc2ccccc2OC1C. The summed E-state index contributed by atoms with van der Waals surface area (Å²) in [6.07, 6.45) is -1.03. The van der Waals surface area contributed by atoms with E-state index in [1.54, 1.807) is 19.1 Å². The highest BCUT2D eigenvalue weighted by atomic mass is 16.6. The first kappa shape index (κ1) is 9.83. The van der Waals surface area contributed by atoms with Crippen LogP contribution >= 0.6 is 0 Å². The predicted octanol–water partition coefficient (Wildman–Crippen LogP) is 1.39. The van der Waals surface area contributed by atoms with Crippen molar-refractivity contribution >= 4 is 5.97 Å². The minimum Gasteiger partial charge on any atom is -0.482 e. The van der Waals surface area contributed by atoms with Gasteiger partial charge in [0.2, 0.25) is 6.10 Å². The summed E-state index contributed by atoms with van der Waals surface area (Å²) in [6, 6.07) is 7.25. The molecule has 1 heterocycles. The van der Waals surface area contributed by atoms with Crippen LogP contribution in [0.1, 0.15) is 6.92 Å². The molecule has 4 nitrogen and oxygen atoms in total. The van der Waals surface area contributed by atoms with Crippen molar-refractivity contribution in [1.29, 1.82) is 0 Å². The van der Waals surface area contributed by atoms with E-state index >= 15 is 0 Å². The Hall–Kier alpha value is -1.71. The van der Waals surface area contributed by atoms with E-state index in [0.29, 0.717) is 11.5 Å². The lowest BCUT2D eigenvalue weighted by Crippen LogP contribution is -2.44. The van der Waals surface area contributed by atoms with Crippen molar-refractivity contribution in [3.05, 3.63) is 24.3 Å². The van der Waals surface area contributed by atoms with Gasteiger partial charge in [0.1, 0.15) is 6.10 Å². The molecule has 0 saturated heterocycles. The molecule has 0 radical (unpaired) electrons. The van der Waals surface area contributed by atoms with Gasteiger partial charge in [-0.2, -0.15) is 0 Å². The van der Waals surface area contributed by atoms with Crippen LogP contribution < -0.4 is 9.47 Å². The molecule has 80 valence electrons. The van der Waals surface area contributed by atoms with Crippen LogP contribution in [0.5, 0.6) is 11.5 Å². The fraction of sp³-hybridized carbons (Fsp3) is 0.364. The summed E-state index contributed by atoms with van der Waals surface area (Å²) < 4.78 is 15.7. The second-order valence-electron chi connectivity index (χ2n) is 3.33. The van der Waals surface area contributed by atoms with Crippen LogP contribution in [0.25, 0.3) is 0 Å². The molecule has 2 unspecified atom stereocenters. The van der Waals surface area contributed by atoms with Crippen LogP contribution in [0.3, 0.4) is 0 Å². The molecule has 0 N–H and O–H groups in total. The second kappa shape index (κ2) is 3.81. The van der Waals surface area contributed by atoms with E-state index in [2.05, 4.69) is 4.74 Å². The lowest BCUT2D eigenvalue weighted by molar-refractivity contribution is -0.154. The maximum absolute atomic E-state index is 11.4. The fourth-order valence-electron chi connectivity index (χ4n) is 1.50. The third-order valence-electron chi connectivity index (χ3n) is 2.28. The maximum atomic E-state index is 11.4. The molecule has 1 aromatic rings. The molecule has 0 amide bonds. The average Bonchev–Trinajstić information content (AvgIpc) is 2.27. The van der Waals surface area contributed by atoms with Gasteiger partial charge < -0.3 is 14.2 Å². The number of hydrogen-bond donors (Lipinski definition) is 0. The lowest BCUT2D eigenvalue weighted by Gasteiger charge is -2.29. The van der Waals surface area contributed by atoms with Crippen LogP contribution in [0.2, 0.25) is 0 Å². The van der Waals surface area contributed by atoms with Crippen LogP contribution in [0, 0.1) is 0 Å². The summed E-state index contributed by atoms with van der Waals surface area (Å²) in [5.74, 6) is 0.813. The molecule has 1 aliphatic heterocycles. The van der Waals surface area contributed by atoms with Crippen molar-refractivity contribution in [3.8, 4) is 11.5 Å². The number of para-hydroxylation sites is 2. The van der Waals surface area contributed by atoms with Crippen LogP contribution in [0.4, 0.5) is 0 Å². The molecule has 4 heteroatoms. The Labute approximate surface area is 87.8 Å². The number of ether oxygens (including phenoxy) is 3. The molecule has 0 spiro atoms. The molecule has 0 fully saturated rings. The fourth-order valence-corrected chi connectivity index (χ4v) is 1.50. The Morgan fingerprint density at radius 1 is 1.27 bits per heavy atom. The Morgan fingerprint density at radius 3 is 2.47 bits per heavy atom. The predicted molar refractivity (Wildman–Crippen MR) is 53.0 cm³/mol. The molecule has 1 aromatic carbocycles. The molecule has 15 heavy (non-hydrogen) atoms. The molecular weight excluding hydrogens is 196 g/mol. The Morgan fingerprint density at radius 2 is 1.87 bits per heavy atom. The van der Waals surface area contributed by atoms with Gasteiger partial charge in [-0.3, -0.25) is 0 Å². The van der Waals surface area contributed by atoms with Gasteiger partial charge in [0, 0.05) is 0 Å². The number of carbonyl (C=O) groups excluding carboxylic acids is 1. The number of fused-ring (bicyclic) bond motifs is 1. The summed E-state index contributed by atoms with van der Waals surface area (Å²) in [6.45, 7) is 1.78. The first-order chi connectivity index (χ1) is 7.22. The minimum absolute atomic E-state index is 0.340. The average molecular weight is 208 g/mol. The van der Waals surface area contributed by atoms with Crippen LogP contribution in [-0.2, 0) is 9.53 Å². The van der Waals surface area contributed by atoms with Crippen molar-refractivity contribution in [2.45, 2.75) is 19.1 Å². The van der Waals surface area contributed by atoms with Crippen molar-refractivity contribution < 1.29 is 19.0 Å². The Balaban J connectivity index is 2.25. The van der Waals surface area contributed by atoms with Gasteiger partial charge in [-0.25, -0.2) is 4.79 Å². The van der Waals surface area contributed by atoms with Gasteiger partial charge in [-0.15, -0.1) is 0 Å². The first-order valence-corrected chi connectivity index (χ1v) is 4.72. The highest BCUT2D eigenvalue weighted by Gasteiger charge is 2.34. The van der Waals surface area contributed by atoms with Gasteiger partial charge in [0.15, 0.2) is 11.5 Å². The topological polar surface area (TPSA) is 44.8 Å². The molecule has 0 bridgehead atoms. The molecule has 0 aliphatic carbocycles. The summed E-state index contributed by atoms with van der Waals surface area (Å²) in [7, 11) is 1.33. The lowest BCUT2D eigenvalue weighted by atomic mass is 10.2. The number of carbonyl (C=O) groups is 1. The molecule has 1 aliphatic rings. The minimum atomic E-state index is -0.690. The third-order valence-corrected chi connectivity index (χ3v) is 2.28. The van der Waals surface area contributed by atoms with Crippen LogP contribution in [0.15, 0.2) is 24.3 Å². The number of methoxy groups -OCH3 is 1. The Kier molecular flexibility index (Phi) is 2.49. The Bertz CT molecular complexity index is 375. The molecule has 0 saturated carbocycles. The van der Waals surface area contributed by atoms with Crippen molar-refractivity contribution in [1.82, 2.24) is 0 Å². The van der Waals surface area contributed by atoms with Crippen molar-refractivity contribution in [2.75, 3.05) is 7.11 Å². The smallest absolute Gasteiger partial charge is 0.351 e. The van der Waals surface area contributed by atoms with E-state index in [1.807, 2.05) is 12.1 Å². The standard InChI is InChI=1S/C11H12O4/c1-7-10(11(12)13-2)15-9-6-4-3-5-8(9)14-7/h3-7,10H,1-2H3. The number of hydrogen-bond acceptors (Lipinski definition) is 4. The number of rotatable bonds is 1. The van der Waals surface area contributed by atoms with Gasteiger partial charge in [0.05, 0.1) is 7.11 Å². The molecular formula is C11H12O4. The van der Waals surface area contributed by atoms with E-state index < -0.39 is 12.1 Å². The summed E-state index contributed by atoms with van der Waals surface area (Å²) >= 11 is 0. The quantitative estimate of drug-likeness (QED) is 0.654. The summed E-state index contributed by atoms with van der Waals surface area (Å²) in [5.41, 5.74) is 0.